The molecule has 0 N–H and O–H groups in total. The summed E-state index contributed by atoms with van der Waals surface area (Å²) in [5, 5.41) is 9.38. The molecule has 5 aromatic heterocycles. The van der Waals surface area contributed by atoms with E-state index in [1.165, 1.54) is 21.5 Å². The molecule has 418 valence electrons. The summed E-state index contributed by atoms with van der Waals surface area (Å²) in [5.41, 5.74) is 19.8. The van der Waals surface area contributed by atoms with Gasteiger partial charge in [0.1, 0.15) is 0 Å². The fourth-order valence-electron chi connectivity index (χ4n) is 14.1. The standard InChI is InChI=1S/C82H50N8/c1-83-69-33-15-8-26-58(69)54-40-44-76(89-74-38-20-13-31-63(74)67-50-56(42-46-78(67)89)87-70-34-16-9-27-59(70)60-28-10-17-35-71(60)87)65(48-54)66-49-55(82-85-80(52-22-4-2-5-23-52)84-81(86-82)53-24-6-3-7-25-53)41-45-77(66)90-75-39-21-14-32-64(75)68-51-57(43-47-79(68)90)88-72-36-18-11-29-61(72)62-30-12-19-37-73(62)88/h2-51H. The Morgan fingerprint density at radius 2 is 0.556 bits per heavy atom. The van der Waals surface area contributed by atoms with Crippen LogP contribution >= 0.6 is 0 Å². The molecule has 0 bridgehead atoms. The molecular weight excluding hydrogens is 1100 g/mol. The molecule has 18 aromatic rings. The minimum atomic E-state index is 0.541. The van der Waals surface area contributed by atoms with Gasteiger partial charge in [-0.25, -0.2) is 19.8 Å². The van der Waals surface area contributed by atoms with Crippen molar-refractivity contribution >= 4 is 92.9 Å². The monoisotopic (exact) mass is 1150 g/mol. The van der Waals surface area contributed by atoms with Gasteiger partial charge in [-0.15, -0.1) is 0 Å². The average Bonchev–Trinajstić information content (AvgIpc) is 1.62. The molecule has 8 nitrogen and oxygen atoms in total. The van der Waals surface area contributed by atoms with Gasteiger partial charge < -0.3 is 18.3 Å². The first-order valence-corrected chi connectivity index (χ1v) is 30.3. The maximum atomic E-state index is 8.45. The summed E-state index contributed by atoms with van der Waals surface area (Å²) in [4.78, 5) is 19.9. The van der Waals surface area contributed by atoms with E-state index in [1.54, 1.807) is 0 Å². The summed E-state index contributed by atoms with van der Waals surface area (Å²) in [6, 6.07) is 108. The Labute approximate surface area is 517 Å². The largest absolute Gasteiger partial charge is 0.309 e. The Kier molecular flexibility index (Phi) is 11.5. The second-order valence-electron chi connectivity index (χ2n) is 23.0. The smallest absolute Gasteiger partial charge is 0.194 e. The first-order valence-electron chi connectivity index (χ1n) is 30.3. The first-order chi connectivity index (χ1) is 44.6. The molecule has 0 aliphatic carbocycles. The molecule has 0 aliphatic rings. The minimum absolute atomic E-state index is 0.541. The van der Waals surface area contributed by atoms with Crippen LogP contribution in [0.15, 0.2) is 303 Å². The Bertz CT molecular complexity index is 5830. The predicted molar refractivity (Wildman–Crippen MR) is 371 cm³/mol. The number of hydrogen-bond donors (Lipinski definition) is 0. The number of rotatable bonds is 9. The highest BCUT2D eigenvalue weighted by Gasteiger charge is 2.25. The van der Waals surface area contributed by atoms with Crippen molar-refractivity contribution in [2.75, 3.05) is 0 Å². The van der Waals surface area contributed by atoms with Gasteiger partial charge in [0.05, 0.1) is 62.1 Å². The molecular formula is C82H50N8. The van der Waals surface area contributed by atoms with E-state index in [2.05, 4.69) is 248 Å². The zero-order valence-electron chi connectivity index (χ0n) is 48.4. The Hall–Kier alpha value is -12.4. The highest BCUT2D eigenvalue weighted by atomic mass is 15.0. The van der Waals surface area contributed by atoms with Crippen molar-refractivity contribution in [3.05, 3.63) is 315 Å². The van der Waals surface area contributed by atoms with E-state index in [4.69, 9.17) is 21.5 Å². The maximum absolute atomic E-state index is 8.45. The highest BCUT2D eigenvalue weighted by molar-refractivity contribution is 6.15. The number of aromatic nitrogens is 7. The lowest BCUT2D eigenvalue weighted by molar-refractivity contribution is 1.07. The van der Waals surface area contributed by atoms with Gasteiger partial charge in [-0.05, 0) is 114 Å². The van der Waals surface area contributed by atoms with Crippen molar-refractivity contribution in [3.8, 4) is 79.2 Å². The van der Waals surface area contributed by atoms with Crippen LogP contribution in [0.25, 0.3) is 171 Å². The number of benzene rings is 13. The Morgan fingerprint density at radius 1 is 0.233 bits per heavy atom. The van der Waals surface area contributed by atoms with Gasteiger partial charge in [0.15, 0.2) is 23.2 Å². The van der Waals surface area contributed by atoms with Crippen LogP contribution in [0.1, 0.15) is 0 Å². The van der Waals surface area contributed by atoms with Crippen LogP contribution < -0.4 is 0 Å². The fraction of sp³-hybridized carbons (Fsp3) is 0. The van der Waals surface area contributed by atoms with Crippen LogP contribution in [-0.2, 0) is 0 Å². The molecule has 0 unspecified atom stereocenters. The molecule has 0 radical (unpaired) electrons. The van der Waals surface area contributed by atoms with E-state index in [-0.39, 0.29) is 0 Å². The van der Waals surface area contributed by atoms with Gasteiger partial charge in [0, 0.05) is 82.3 Å². The molecule has 0 spiro atoms. The predicted octanol–water partition coefficient (Wildman–Crippen LogP) is 21.1. The summed E-state index contributed by atoms with van der Waals surface area (Å²) in [7, 11) is 0. The molecule has 13 aromatic carbocycles. The second-order valence-corrected chi connectivity index (χ2v) is 23.0. The summed E-state index contributed by atoms with van der Waals surface area (Å²) in [6.07, 6.45) is 0. The normalized spacial score (nSPS) is 11.8. The van der Waals surface area contributed by atoms with E-state index in [1.807, 2.05) is 78.9 Å². The van der Waals surface area contributed by atoms with Gasteiger partial charge in [-0.2, -0.15) is 0 Å². The molecule has 0 amide bonds. The molecule has 8 heteroatoms. The van der Waals surface area contributed by atoms with E-state index in [0.717, 1.165) is 127 Å². The zero-order chi connectivity index (χ0) is 59.4. The molecule has 5 heterocycles. The third kappa shape index (κ3) is 7.90. The summed E-state index contributed by atoms with van der Waals surface area (Å²) >= 11 is 0. The van der Waals surface area contributed by atoms with Gasteiger partial charge in [0.2, 0.25) is 0 Å². The van der Waals surface area contributed by atoms with Crippen LogP contribution in [-0.4, -0.2) is 33.2 Å². The number of para-hydroxylation sites is 7. The third-order valence-corrected chi connectivity index (χ3v) is 18.0. The van der Waals surface area contributed by atoms with Crippen LogP contribution in [0.2, 0.25) is 0 Å². The van der Waals surface area contributed by atoms with Gasteiger partial charge in [-0.3, -0.25) is 0 Å². The number of nitrogens with zero attached hydrogens (tertiary/aromatic N) is 8. The van der Waals surface area contributed by atoms with E-state index in [0.29, 0.717) is 23.2 Å². The number of hydrogen-bond acceptors (Lipinski definition) is 3. The lowest BCUT2D eigenvalue weighted by Crippen LogP contribution is -2.04. The molecule has 90 heavy (non-hydrogen) atoms. The lowest BCUT2D eigenvalue weighted by atomic mass is 9.93. The van der Waals surface area contributed by atoms with Gasteiger partial charge in [0.25, 0.3) is 0 Å². The highest BCUT2D eigenvalue weighted by Crippen LogP contribution is 2.46. The van der Waals surface area contributed by atoms with Crippen molar-refractivity contribution in [2.45, 2.75) is 0 Å². The topological polar surface area (TPSA) is 62.8 Å². The van der Waals surface area contributed by atoms with Crippen LogP contribution in [0.3, 0.4) is 0 Å². The second kappa shape index (κ2) is 20.3. The average molecular weight is 1150 g/mol. The molecule has 0 saturated carbocycles. The van der Waals surface area contributed by atoms with Gasteiger partial charge in [-0.1, -0.05) is 200 Å². The van der Waals surface area contributed by atoms with Crippen molar-refractivity contribution in [1.82, 2.24) is 33.2 Å². The molecule has 0 atom stereocenters. The summed E-state index contributed by atoms with van der Waals surface area (Å²) in [6.45, 7) is 8.45. The SMILES string of the molecule is [C-]#[N+]c1ccccc1-c1ccc(-n2c3ccccc3c3cc(-n4c5ccccc5c5ccccc54)ccc32)c(-c2cc(-c3nc(-c4ccccc4)nc(-c4ccccc4)n3)ccc2-n2c3ccccc3c3cc(-n4c5ccccc5c5ccccc54)ccc32)c1. The van der Waals surface area contributed by atoms with Crippen LogP contribution in [0, 0.1) is 6.57 Å². The fourth-order valence-corrected chi connectivity index (χ4v) is 14.1. The Morgan fingerprint density at radius 3 is 0.978 bits per heavy atom. The van der Waals surface area contributed by atoms with Crippen molar-refractivity contribution < 1.29 is 0 Å². The van der Waals surface area contributed by atoms with Crippen molar-refractivity contribution in [1.29, 1.82) is 0 Å². The third-order valence-electron chi connectivity index (χ3n) is 18.0. The summed E-state index contributed by atoms with van der Waals surface area (Å²) in [5.74, 6) is 1.70. The van der Waals surface area contributed by atoms with E-state index < -0.39 is 0 Å². The molecule has 0 aliphatic heterocycles. The van der Waals surface area contributed by atoms with E-state index >= 15 is 0 Å². The van der Waals surface area contributed by atoms with Gasteiger partial charge >= 0.3 is 0 Å². The van der Waals surface area contributed by atoms with Crippen LogP contribution in [0.4, 0.5) is 5.69 Å². The molecule has 0 saturated heterocycles. The first kappa shape index (κ1) is 50.8. The summed E-state index contributed by atoms with van der Waals surface area (Å²) < 4.78 is 9.67. The van der Waals surface area contributed by atoms with E-state index in [9.17, 15) is 0 Å². The van der Waals surface area contributed by atoms with Crippen LogP contribution in [0.5, 0.6) is 0 Å². The zero-order valence-corrected chi connectivity index (χ0v) is 48.4. The lowest BCUT2D eigenvalue weighted by Gasteiger charge is -2.21. The van der Waals surface area contributed by atoms with Crippen molar-refractivity contribution in [3.63, 3.8) is 0 Å². The molecule has 0 fully saturated rings. The minimum Gasteiger partial charge on any atom is -0.309 e. The maximum Gasteiger partial charge on any atom is 0.194 e. The number of fused-ring (bicyclic) bond motifs is 12. The van der Waals surface area contributed by atoms with Crippen molar-refractivity contribution in [2.24, 2.45) is 0 Å². The Balaban J connectivity index is 0.936. The molecule has 18 rings (SSSR count). The quantitative estimate of drug-likeness (QED) is 0.135.